The Hall–Kier alpha value is -3.87. The predicted octanol–water partition coefficient (Wildman–Crippen LogP) is 4.32. The van der Waals surface area contributed by atoms with Crippen molar-refractivity contribution in [3.8, 4) is 22.9 Å². The maximum absolute atomic E-state index is 12.8. The molecule has 0 saturated carbocycles. The van der Waals surface area contributed by atoms with Gasteiger partial charge in [0.15, 0.2) is 6.10 Å². The summed E-state index contributed by atoms with van der Waals surface area (Å²) >= 11 is 0. The van der Waals surface area contributed by atoms with Gasteiger partial charge in [0.25, 0.3) is 5.91 Å². The quantitative estimate of drug-likeness (QED) is 0.446. The summed E-state index contributed by atoms with van der Waals surface area (Å²) < 4.78 is 16.5. The third kappa shape index (κ3) is 4.50. The third-order valence-corrected chi connectivity index (χ3v) is 4.95. The van der Waals surface area contributed by atoms with Crippen LogP contribution in [0.1, 0.15) is 12.8 Å². The fraction of sp³-hybridized carbons (Fsp3) is 0.208. The highest BCUT2D eigenvalue weighted by Crippen LogP contribution is 2.26. The van der Waals surface area contributed by atoms with Crippen molar-refractivity contribution in [2.24, 2.45) is 0 Å². The van der Waals surface area contributed by atoms with E-state index < -0.39 is 6.10 Å². The molecule has 0 fully saturated rings. The molecule has 3 aromatic carbocycles. The number of amides is 1. The lowest BCUT2D eigenvalue weighted by atomic mass is 10.1. The zero-order valence-corrected chi connectivity index (χ0v) is 17.6. The third-order valence-electron chi connectivity index (χ3n) is 4.95. The van der Waals surface area contributed by atoms with Gasteiger partial charge in [-0.05, 0) is 30.5 Å². The summed E-state index contributed by atoms with van der Waals surface area (Å²) in [5.74, 6) is 1.97. The highest BCUT2D eigenvalue weighted by atomic mass is 16.5. The molecule has 1 aromatic heterocycles. The van der Waals surface area contributed by atoms with Crippen LogP contribution in [0.5, 0.6) is 11.5 Å². The Bertz CT molecular complexity index is 1200. The lowest BCUT2D eigenvalue weighted by Gasteiger charge is -2.21. The van der Waals surface area contributed by atoms with E-state index in [2.05, 4.69) is 10.1 Å². The standard InChI is InChI=1S/C24H23N3O4/c1-16(30-21-13-7-9-17-8-4-5-12-20(17)21)24(28)27(2)15-22-25-23(26-31-22)18-10-6-11-19(14-18)29-3/h4-14,16H,15H2,1-3H3/t16-/m0/s1. The first-order valence-corrected chi connectivity index (χ1v) is 9.91. The number of carbonyl (C=O) groups excluding carboxylic acids is 1. The number of likely N-dealkylation sites (N-methyl/N-ethyl adjacent to an activating group) is 1. The molecule has 1 amide bonds. The maximum atomic E-state index is 12.8. The number of hydrogen-bond donors (Lipinski definition) is 0. The lowest BCUT2D eigenvalue weighted by molar-refractivity contribution is -0.137. The van der Waals surface area contributed by atoms with Gasteiger partial charge in [-0.2, -0.15) is 4.98 Å². The summed E-state index contributed by atoms with van der Waals surface area (Å²) in [5.41, 5.74) is 0.774. The van der Waals surface area contributed by atoms with E-state index in [4.69, 9.17) is 14.0 Å². The topological polar surface area (TPSA) is 77.7 Å². The Morgan fingerprint density at radius 2 is 1.87 bits per heavy atom. The van der Waals surface area contributed by atoms with E-state index in [1.54, 1.807) is 21.1 Å². The second-order valence-electron chi connectivity index (χ2n) is 7.18. The van der Waals surface area contributed by atoms with Gasteiger partial charge in [-0.1, -0.05) is 53.7 Å². The van der Waals surface area contributed by atoms with Crippen molar-refractivity contribution in [3.63, 3.8) is 0 Å². The normalized spacial score (nSPS) is 11.8. The molecular weight excluding hydrogens is 394 g/mol. The van der Waals surface area contributed by atoms with Gasteiger partial charge in [0.2, 0.25) is 11.7 Å². The molecule has 158 valence electrons. The van der Waals surface area contributed by atoms with E-state index in [1.807, 2.05) is 66.7 Å². The van der Waals surface area contributed by atoms with E-state index in [9.17, 15) is 4.79 Å². The number of methoxy groups -OCH3 is 1. The van der Waals surface area contributed by atoms with Crippen molar-refractivity contribution in [2.75, 3.05) is 14.2 Å². The summed E-state index contributed by atoms with van der Waals surface area (Å²) in [7, 11) is 3.28. The minimum Gasteiger partial charge on any atom is -0.497 e. The Labute approximate surface area is 180 Å². The zero-order chi connectivity index (χ0) is 21.8. The van der Waals surface area contributed by atoms with Crippen LogP contribution < -0.4 is 9.47 Å². The number of fused-ring (bicyclic) bond motifs is 1. The first-order valence-electron chi connectivity index (χ1n) is 9.91. The second-order valence-corrected chi connectivity index (χ2v) is 7.18. The van der Waals surface area contributed by atoms with Crippen LogP contribution in [0.4, 0.5) is 0 Å². The number of hydrogen-bond acceptors (Lipinski definition) is 6. The monoisotopic (exact) mass is 417 g/mol. The van der Waals surface area contributed by atoms with Gasteiger partial charge in [0, 0.05) is 18.0 Å². The lowest BCUT2D eigenvalue weighted by Crippen LogP contribution is -2.37. The molecule has 0 saturated heterocycles. The smallest absolute Gasteiger partial charge is 0.263 e. The van der Waals surface area contributed by atoms with Crippen LogP contribution in [-0.2, 0) is 11.3 Å². The van der Waals surface area contributed by atoms with Gasteiger partial charge in [0.1, 0.15) is 11.5 Å². The van der Waals surface area contributed by atoms with Gasteiger partial charge in [-0.3, -0.25) is 4.79 Å². The average Bonchev–Trinajstić information content (AvgIpc) is 3.27. The van der Waals surface area contributed by atoms with Gasteiger partial charge >= 0.3 is 0 Å². The number of aromatic nitrogens is 2. The van der Waals surface area contributed by atoms with Crippen LogP contribution in [0.3, 0.4) is 0 Å². The summed E-state index contributed by atoms with van der Waals surface area (Å²) in [4.78, 5) is 18.7. The molecule has 0 radical (unpaired) electrons. The Morgan fingerprint density at radius 3 is 2.71 bits per heavy atom. The van der Waals surface area contributed by atoms with E-state index in [0.29, 0.717) is 23.2 Å². The first kappa shape index (κ1) is 20.4. The molecule has 4 aromatic rings. The largest absolute Gasteiger partial charge is 0.497 e. The van der Waals surface area contributed by atoms with E-state index in [0.717, 1.165) is 16.3 Å². The van der Waals surface area contributed by atoms with Crippen molar-refractivity contribution in [1.29, 1.82) is 0 Å². The molecule has 0 aliphatic heterocycles. The molecule has 7 nitrogen and oxygen atoms in total. The van der Waals surface area contributed by atoms with E-state index >= 15 is 0 Å². The summed E-state index contributed by atoms with van der Waals surface area (Å²) in [5, 5.41) is 6.03. The Kier molecular flexibility index (Phi) is 5.84. The minimum atomic E-state index is -0.670. The number of rotatable bonds is 7. The van der Waals surface area contributed by atoms with Crippen LogP contribution >= 0.6 is 0 Å². The van der Waals surface area contributed by atoms with Crippen LogP contribution in [0.2, 0.25) is 0 Å². The Morgan fingerprint density at radius 1 is 1.10 bits per heavy atom. The molecule has 7 heteroatoms. The highest BCUT2D eigenvalue weighted by molar-refractivity contribution is 5.89. The van der Waals surface area contributed by atoms with Gasteiger partial charge in [-0.25, -0.2) is 0 Å². The van der Waals surface area contributed by atoms with Crippen LogP contribution in [0.25, 0.3) is 22.2 Å². The molecular formula is C24H23N3O4. The molecule has 1 atom stereocenters. The van der Waals surface area contributed by atoms with E-state index in [-0.39, 0.29) is 12.5 Å². The second kappa shape index (κ2) is 8.87. The fourth-order valence-electron chi connectivity index (χ4n) is 3.33. The van der Waals surface area contributed by atoms with Crippen LogP contribution in [-0.4, -0.2) is 41.2 Å². The first-order chi connectivity index (χ1) is 15.0. The van der Waals surface area contributed by atoms with Crippen LogP contribution in [0.15, 0.2) is 71.3 Å². The average molecular weight is 417 g/mol. The molecule has 0 aliphatic carbocycles. The maximum Gasteiger partial charge on any atom is 0.263 e. The summed E-state index contributed by atoms with van der Waals surface area (Å²) in [6.07, 6.45) is -0.670. The van der Waals surface area contributed by atoms with Crippen molar-refractivity contribution in [1.82, 2.24) is 15.0 Å². The molecule has 0 unspecified atom stereocenters. The molecule has 0 aliphatic rings. The van der Waals surface area contributed by atoms with Crippen molar-refractivity contribution < 1.29 is 18.8 Å². The van der Waals surface area contributed by atoms with Gasteiger partial charge in [-0.15, -0.1) is 0 Å². The number of benzene rings is 3. The molecule has 31 heavy (non-hydrogen) atoms. The van der Waals surface area contributed by atoms with Crippen molar-refractivity contribution in [3.05, 3.63) is 72.6 Å². The minimum absolute atomic E-state index is 0.180. The summed E-state index contributed by atoms with van der Waals surface area (Å²) in [6, 6.07) is 21.1. The van der Waals surface area contributed by atoms with Crippen molar-refractivity contribution >= 4 is 16.7 Å². The fourth-order valence-corrected chi connectivity index (χ4v) is 3.33. The van der Waals surface area contributed by atoms with Crippen LogP contribution in [0, 0.1) is 0 Å². The Balaban J connectivity index is 1.43. The van der Waals surface area contributed by atoms with E-state index in [1.165, 1.54) is 4.90 Å². The SMILES string of the molecule is COc1cccc(-c2noc(CN(C)C(=O)[C@H](C)Oc3cccc4ccccc34)n2)c1. The number of ether oxygens (including phenoxy) is 2. The molecule has 1 heterocycles. The van der Waals surface area contributed by atoms with Gasteiger partial charge in [0.05, 0.1) is 13.7 Å². The summed E-state index contributed by atoms with van der Waals surface area (Å²) in [6.45, 7) is 1.91. The highest BCUT2D eigenvalue weighted by Gasteiger charge is 2.22. The molecule has 0 N–H and O–H groups in total. The predicted molar refractivity (Wildman–Crippen MR) is 117 cm³/mol. The molecule has 0 spiro atoms. The van der Waals surface area contributed by atoms with Crippen molar-refractivity contribution in [2.45, 2.75) is 19.6 Å². The van der Waals surface area contributed by atoms with Gasteiger partial charge < -0.3 is 18.9 Å². The molecule has 0 bridgehead atoms. The number of nitrogens with zero attached hydrogens (tertiary/aromatic N) is 3. The molecule has 4 rings (SSSR count). The zero-order valence-electron chi connectivity index (χ0n) is 17.6. The number of carbonyl (C=O) groups is 1.